The molecule has 1 saturated heterocycles. The van der Waals surface area contributed by atoms with E-state index in [4.69, 9.17) is 9.47 Å². The van der Waals surface area contributed by atoms with Gasteiger partial charge >= 0.3 is 0 Å². The number of hydrogen-bond donors (Lipinski definition) is 1. The van der Waals surface area contributed by atoms with Crippen molar-refractivity contribution in [3.63, 3.8) is 0 Å². The third-order valence-electron chi connectivity index (χ3n) is 4.36. The zero-order valence-corrected chi connectivity index (χ0v) is 12.6. The molecule has 1 N–H and O–H groups in total. The van der Waals surface area contributed by atoms with Crippen LogP contribution in [-0.4, -0.2) is 24.7 Å². The number of rotatable bonds is 4. The lowest BCUT2D eigenvalue weighted by molar-refractivity contribution is -0.124. The molecule has 1 atom stereocenters. The van der Waals surface area contributed by atoms with Crippen LogP contribution in [0.2, 0.25) is 0 Å². The molecular formula is C17H23NO3. The number of carbonyl (C=O) groups is 1. The Balaban J connectivity index is 1.68. The van der Waals surface area contributed by atoms with Crippen LogP contribution in [0.1, 0.15) is 44.1 Å². The first kappa shape index (κ1) is 14.4. The highest BCUT2D eigenvalue weighted by atomic mass is 16.5. The van der Waals surface area contributed by atoms with Crippen LogP contribution in [0.5, 0.6) is 5.75 Å². The van der Waals surface area contributed by atoms with Crippen molar-refractivity contribution >= 4 is 11.6 Å². The van der Waals surface area contributed by atoms with Crippen LogP contribution < -0.4 is 10.1 Å². The summed E-state index contributed by atoms with van der Waals surface area (Å²) in [5, 5.41) is 2.97. The molecule has 0 bridgehead atoms. The number of anilines is 1. The van der Waals surface area contributed by atoms with Crippen LogP contribution in [-0.2, 0) is 9.53 Å². The molecule has 2 aliphatic rings. The standard InChI is InChI=1S/C17H23NO3/c1-12-14(18-17(19)16-10-5-11-20-16)8-4-9-15(12)21-13-6-2-3-7-13/h4,8-9,13,16H,2-3,5-7,10-11H2,1H3,(H,18,19)/t16-/m1/s1. The van der Waals surface area contributed by atoms with Crippen molar-refractivity contribution in [2.75, 3.05) is 11.9 Å². The van der Waals surface area contributed by atoms with E-state index in [1.807, 2.05) is 25.1 Å². The lowest BCUT2D eigenvalue weighted by atomic mass is 10.1. The van der Waals surface area contributed by atoms with Gasteiger partial charge in [-0.15, -0.1) is 0 Å². The first-order chi connectivity index (χ1) is 10.2. The topological polar surface area (TPSA) is 47.6 Å². The van der Waals surface area contributed by atoms with E-state index in [9.17, 15) is 4.79 Å². The number of ether oxygens (including phenoxy) is 2. The van der Waals surface area contributed by atoms with Gasteiger partial charge in [-0.25, -0.2) is 0 Å². The van der Waals surface area contributed by atoms with E-state index in [2.05, 4.69) is 5.32 Å². The van der Waals surface area contributed by atoms with Crippen molar-refractivity contribution in [2.24, 2.45) is 0 Å². The SMILES string of the molecule is Cc1c(NC(=O)[C@H]2CCCO2)cccc1OC1CCCC1. The van der Waals surface area contributed by atoms with E-state index in [1.54, 1.807) is 0 Å². The second kappa shape index (κ2) is 6.48. The van der Waals surface area contributed by atoms with Gasteiger partial charge in [0.25, 0.3) is 5.91 Å². The minimum Gasteiger partial charge on any atom is -0.490 e. The van der Waals surface area contributed by atoms with Crippen LogP contribution in [0, 0.1) is 6.92 Å². The number of carbonyl (C=O) groups excluding carboxylic acids is 1. The van der Waals surface area contributed by atoms with E-state index < -0.39 is 0 Å². The Bertz CT molecular complexity index is 503. The fourth-order valence-corrected chi connectivity index (χ4v) is 3.06. The number of amides is 1. The third kappa shape index (κ3) is 3.38. The largest absolute Gasteiger partial charge is 0.490 e. The van der Waals surface area contributed by atoms with Crippen LogP contribution in [0.4, 0.5) is 5.69 Å². The minimum absolute atomic E-state index is 0.0476. The molecule has 1 aromatic carbocycles. The molecule has 1 aliphatic heterocycles. The van der Waals surface area contributed by atoms with E-state index in [1.165, 1.54) is 12.8 Å². The quantitative estimate of drug-likeness (QED) is 0.923. The first-order valence-corrected chi connectivity index (χ1v) is 7.93. The Morgan fingerprint density at radius 2 is 2.05 bits per heavy atom. The maximum atomic E-state index is 12.1. The number of hydrogen-bond acceptors (Lipinski definition) is 3. The summed E-state index contributed by atoms with van der Waals surface area (Å²) < 4.78 is 11.5. The molecule has 0 radical (unpaired) electrons. The fraction of sp³-hybridized carbons (Fsp3) is 0.588. The highest BCUT2D eigenvalue weighted by Gasteiger charge is 2.24. The third-order valence-corrected chi connectivity index (χ3v) is 4.36. The van der Waals surface area contributed by atoms with Crippen LogP contribution in [0.15, 0.2) is 18.2 Å². The number of nitrogens with one attached hydrogen (secondary N) is 1. The second-order valence-corrected chi connectivity index (χ2v) is 5.94. The van der Waals surface area contributed by atoms with Gasteiger partial charge in [0.05, 0.1) is 6.10 Å². The smallest absolute Gasteiger partial charge is 0.253 e. The van der Waals surface area contributed by atoms with Crippen molar-refractivity contribution in [3.05, 3.63) is 23.8 Å². The summed E-state index contributed by atoms with van der Waals surface area (Å²) in [6, 6.07) is 5.83. The average Bonchev–Trinajstić information content (AvgIpc) is 3.16. The lowest BCUT2D eigenvalue weighted by Crippen LogP contribution is -2.27. The Labute approximate surface area is 125 Å². The summed E-state index contributed by atoms with van der Waals surface area (Å²) in [4.78, 5) is 12.1. The maximum Gasteiger partial charge on any atom is 0.253 e. The van der Waals surface area contributed by atoms with E-state index in [0.29, 0.717) is 12.7 Å². The molecule has 3 rings (SSSR count). The zero-order chi connectivity index (χ0) is 14.7. The molecule has 1 aliphatic carbocycles. The van der Waals surface area contributed by atoms with Gasteiger partial charge in [-0.1, -0.05) is 6.07 Å². The molecule has 1 heterocycles. The Kier molecular flexibility index (Phi) is 4.44. The summed E-state index contributed by atoms with van der Waals surface area (Å²) >= 11 is 0. The van der Waals surface area contributed by atoms with Gasteiger partial charge in [-0.05, 0) is 57.6 Å². The van der Waals surface area contributed by atoms with E-state index >= 15 is 0 Å². The summed E-state index contributed by atoms with van der Waals surface area (Å²) in [6.45, 7) is 2.68. The minimum atomic E-state index is -0.302. The Morgan fingerprint density at radius 3 is 2.76 bits per heavy atom. The van der Waals surface area contributed by atoms with Crippen LogP contribution in [0.3, 0.4) is 0 Å². The predicted octanol–water partition coefficient (Wildman–Crippen LogP) is 3.43. The summed E-state index contributed by atoms with van der Waals surface area (Å²) in [6.07, 6.45) is 6.55. The van der Waals surface area contributed by atoms with Crippen molar-refractivity contribution < 1.29 is 14.3 Å². The average molecular weight is 289 g/mol. The monoisotopic (exact) mass is 289 g/mol. The van der Waals surface area contributed by atoms with Gasteiger partial charge in [0.15, 0.2) is 0 Å². The van der Waals surface area contributed by atoms with Gasteiger partial charge < -0.3 is 14.8 Å². The molecule has 4 nitrogen and oxygen atoms in total. The van der Waals surface area contributed by atoms with Crippen molar-refractivity contribution in [1.82, 2.24) is 0 Å². The molecule has 2 fully saturated rings. The molecule has 0 unspecified atom stereocenters. The highest BCUT2D eigenvalue weighted by Crippen LogP contribution is 2.30. The molecule has 4 heteroatoms. The summed E-state index contributed by atoms with van der Waals surface area (Å²) in [5.74, 6) is 0.834. The molecule has 114 valence electrons. The maximum absolute atomic E-state index is 12.1. The predicted molar refractivity (Wildman–Crippen MR) is 81.7 cm³/mol. The second-order valence-electron chi connectivity index (χ2n) is 5.94. The van der Waals surface area contributed by atoms with Gasteiger partial charge in [0.2, 0.25) is 0 Å². The van der Waals surface area contributed by atoms with Gasteiger partial charge in [-0.3, -0.25) is 4.79 Å². The molecule has 21 heavy (non-hydrogen) atoms. The molecule has 1 aromatic rings. The lowest BCUT2D eigenvalue weighted by Gasteiger charge is -2.18. The number of benzene rings is 1. The van der Waals surface area contributed by atoms with Gasteiger partial charge in [0, 0.05) is 17.9 Å². The highest BCUT2D eigenvalue weighted by molar-refractivity contribution is 5.95. The van der Waals surface area contributed by atoms with Gasteiger partial charge in [0.1, 0.15) is 11.9 Å². The Hall–Kier alpha value is -1.55. The summed E-state index contributed by atoms with van der Waals surface area (Å²) in [5.41, 5.74) is 1.82. The van der Waals surface area contributed by atoms with Crippen LogP contribution >= 0.6 is 0 Å². The Morgan fingerprint density at radius 1 is 1.24 bits per heavy atom. The summed E-state index contributed by atoms with van der Waals surface area (Å²) in [7, 11) is 0. The molecule has 1 saturated carbocycles. The first-order valence-electron chi connectivity index (χ1n) is 7.93. The molecular weight excluding hydrogens is 266 g/mol. The van der Waals surface area contributed by atoms with Gasteiger partial charge in [-0.2, -0.15) is 0 Å². The molecule has 0 spiro atoms. The normalized spacial score (nSPS) is 22.4. The van der Waals surface area contributed by atoms with E-state index in [0.717, 1.165) is 42.7 Å². The van der Waals surface area contributed by atoms with Crippen molar-refractivity contribution in [3.8, 4) is 5.75 Å². The van der Waals surface area contributed by atoms with Crippen LogP contribution in [0.25, 0.3) is 0 Å². The fourth-order valence-electron chi connectivity index (χ4n) is 3.06. The van der Waals surface area contributed by atoms with Crippen molar-refractivity contribution in [2.45, 2.75) is 57.7 Å². The molecule has 1 amide bonds. The molecule has 0 aromatic heterocycles. The zero-order valence-electron chi connectivity index (χ0n) is 12.6. The van der Waals surface area contributed by atoms with E-state index in [-0.39, 0.29) is 12.0 Å². The van der Waals surface area contributed by atoms with Crippen molar-refractivity contribution in [1.29, 1.82) is 0 Å².